The van der Waals surface area contributed by atoms with Crippen molar-refractivity contribution in [2.24, 2.45) is 22.7 Å². The van der Waals surface area contributed by atoms with Crippen molar-refractivity contribution in [3.05, 3.63) is 41.0 Å². The number of rotatable bonds is 18. The third kappa shape index (κ3) is 10.0. The third-order valence-electron chi connectivity index (χ3n) is 17.6. The lowest BCUT2D eigenvalue weighted by Crippen LogP contribution is -2.70. The van der Waals surface area contributed by atoms with Crippen LogP contribution in [0.15, 0.2) is 29.8 Å². The fraction of sp³-hybridized carbons (Fsp3) is 0.786. The zero-order valence-electron chi connectivity index (χ0n) is 43.4. The highest BCUT2D eigenvalue weighted by atomic mass is 16.8. The molecule has 8 fully saturated rings. The number of aliphatic hydroxyl groups excluding tert-OH is 1. The summed E-state index contributed by atoms with van der Waals surface area (Å²) in [4.78, 5) is 66.5. The van der Waals surface area contributed by atoms with Crippen LogP contribution in [0.4, 0.5) is 0 Å². The molecular weight excluding hydrogens is 891 g/mol. The van der Waals surface area contributed by atoms with Crippen molar-refractivity contribution in [1.82, 2.24) is 15.3 Å². The van der Waals surface area contributed by atoms with E-state index in [4.69, 9.17) is 28.5 Å². The van der Waals surface area contributed by atoms with E-state index in [1.165, 1.54) is 5.57 Å². The average Bonchev–Trinajstić information content (AvgIpc) is 3.68. The summed E-state index contributed by atoms with van der Waals surface area (Å²) in [6.45, 7) is 17.0. The topological polar surface area (TPSA) is 166 Å². The summed E-state index contributed by atoms with van der Waals surface area (Å²) in [6.07, 6.45) is 13.7. The number of hydrogen-bond acceptors (Lipinski definition) is 12. The van der Waals surface area contributed by atoms with Gasteiger partial charge in [-0.1, -0.05) is 89.3 Å². The first-order valence-corrected chi connectivity index (χ1v) is 27.2. The normalized spacial score (nSPS) is 35.8. The average molecular weight is 974 g/mol. The van der Waals surface area contributed by atoms with Gasteiger partial charge < -0.3 is 39.0 Å². The number of epoxide rings is 1. The Morgan fingerprint density at radius 2 is 1.69 bits per heavy atom. The number of hydroxylamine groups is 2. The number of unbranched alkanes of at least 4 members (excludes halogenated alkanes) is 4. The standard InChI is InChI=1S/C56H83N3O11/c1-9-11-15-26-55(27-16-12-10-2)68-45-42-32-56(51(64)58-29-17-20-41(58)49(62)57-38(34-60)22-24-44(61)67-52(3,4)5)47(50(63)65-42)59(70-48(56)46(45)69-55)33-37-19-14-13-18-35(37)30-36-21-23-43-54(8,66-43)28-25-40-39(36)31-53(40,6)7/h13-14,18-19,30,38-43,45-48,60H,9-12,15-17,20-29,31-34H2,1-8H3,(H,57,62)/t38-,39+,40+,41+,42+,43?,45-,46-,47-,48+,54+,56-/m0/s1. The number of nitrogens with zero attached hydrogens (tertiary/aromatic N) is 2. The predicted octanol–water partition coefficient (Wildman–Crippen LogP) is 8.49. The van der Waals surface area contributed by atoms with Crippen LogP contribution in [0.25, 0.3) is 6.08 Å². The summed E-state index contributed by atoms with van der Waals surface area (Å²) >= 11 is 0. The van der Waals surface area contributed by atoms with Crippen LogP contribution in [0.2, 0.25) is 0 Å². The maximum atomic E-state index is 15.9. The molecule has 70 heavy (non-hydrogen) atoms. The van der Waals surface area contributed by atoms with E-state index in [1.54, 1.807) is 30.7 Å². The van der Waals surface area contributed by atoms with Crippen molar-refractivity contribution in [3.8, 4) is 0 Å². The Balaban J connectivity index is 1.03. The van der Waals surface area contributed by atoms with Gasteiger partial charge in [-0.15, -0.1) is 0 Å². The first-order valence-electron chi connectivity index (χ1n) is 27.2. The van der Waals surface area contributed by atoms with Crippen LogP contribution >= 0.6 is 0 Å². The van der Waals surface area contributed by atoms with Gasteiger partial charge in [-0.3, -0.25) is 24.0 Å². The molecule has 3 aliphatic carbocycles. The fourth-order valence-corrected chi connectivity index (χ4v) is 13.8. The van der Waals surface area contributed by atoms with E-state index in [9.17, 15) is 19.5 Å². The Kier molecular flexibility index (Phi) is 14.8. The number of nitrogens with one attached hydrogen (secondary N) is 1. The number of ether oxygens (including phenoxy) is 5. The van der Waals surface area contributed by atoms with E-state index >= 15 is 4.79 Å². The Morgan fingerprint density at radius 3 is 2.39 bits per heavy atom. The Morgan fingerprint density at radius 1 is 0.957 bits per heavy atom. The first kappa shape index (κ1) is 51.5. The van der Waals surface area contributed by atoms with Crippen LogP contribution in [0.3, 0.4) is 0 Å². The number of amides is 2. The van der Waals surface area contributed by atoms with Gasteiger partial charge in [-0.25, -0.2) is 0 Å². The van der Waals surface area contributed by atoms with Gasteiger partial charge in [0.05, 0.1) is 30.9 Å². The van der Waals surface area contributed by atoms with E-state index in [0.29, 0.717) is 44.1 Å². The van der Waals surface area contributed by atoms with Crippen LogP contribution in [0, 0.1) is 22.7 Å². The second kappa shape index (κ2) is 20.1. The molecule has 14 heteroatoms. The smallest absolute Gasteiger partial charge is 0.327 e. The van der Waals surface area contributed by atoms with E-state index in [1.807, 2.05) is 6.07 Å². The second-order valence-corrected chi connectivity index (χ2v) is 24.2. The molecule has 1 unspecified atom stereocenters. The molecule has 1 aromatic rings. The lowest BCUT2D eigenvalue weighted by Gasteiger charge is -2.53. The number of allylic oxidation sites excluding steroid dienone is 1. The minimum Gasteiger partial charge on any atom is -0.460 e. The number of likely N-dealkylation sites (tertiary alicyclic amines) is 1. The Labute approximate surface area is 416 Å². The summed E-state index contributed by atoms with van der Waals surface area (Å²) < 4.78 is 32.5. The summed E-state index contributed by atoms with van der Waals surface area (Å²) in [5.41, 5.74) is 1.62. The maximum absolute atomic E-state index is 15.9. The zero-order chi connectivity index (χ0) is 49.8. The van der Waals surface area contributed by atoms with E-state index in [-0.39, 0.29) is 55.4 Å². The van der Waals surface area contributed by atoms with Gasteiger partial charge in [0.15, 0.2) is 11.8 Å². The van der Waals surface area contributed by atoms with Gasteiger partial charge in [-0.05, 0) is 120 Å². The molecule has 8 aliphatic rings. The van der Waals surface area contributed by atoms with E-state index in [2.05, 4.69) is 64.2 Å². The number of carbonyl (C=O) groups excluding carboxylic acids is 4. The Hall–Kier alpha value is -3.40. The summed E-state index contributed by atoms with van der Waals surface area (Å²) in [6, 6.07) is 5.62. The molecule has 5 aliphatic heterocycles. The molecule has 5 heterocycles. The van der Waals surface area contributed by atoms with Crippen molar-refractivity contribution in [2.75, 3.05) is 13.2 Å². The minimum atomic E-state index is -1.45. The summed E-state index contributed by atoms with van der Waals surface area (Å²) in [5, 5.41) is 15.0. The largest absolute Gasteiger partial charge is 0.460 e. The predicted molar refractivity (Wildman–Crippen MR) is 262 cm³/mol. The van der Waals surface area contributed by atoms with Crippen molar-refractivity contribution in [3.63, 3.8) is 0 Å². The molecule has 1 aromatic carbocycles. The van der Waals surface area contributed by atoms with Crippen LogP contribution in [0.5, 0.6) is 0 Å². The highest BCUT2D eigenvalue weighted by Crippen LogP contribution is 2.61. The molecule has 0 radical (unpaired) electrons. The minimum absolute atomic E-state index is 0.0106. The number of carbonyl (C=O) groups is 4. The highest BCUT2D eigenvalue weighted by molar-refractivity contribution is 5.96. The lowest BCUT2D eigenvalue weighted by molar-refractivity contribution is -0.225. The van der Waals surface area contributed by atoms with Crippen LogP contribution in [0.1, 0.15) is 182 Å². The number of esters is 2. The van der Waals surface area contributed by atoms with Crippen LogP contribution in [-0.2, 0) is 54.2 Å². The van der Waals surface area contributed by atoms with Gasteiger partial charge >= 0.3 is 11.9 Å². The van der Waals surface area contributed by atoms with Gasteiger partial charge in [0.25, 0.3) is 0 Å². The van der Waals surface area contributed by atoms with Crippen molar-refractivity contribution in [1.29, 1.82) is 0 Å². The molecule has 14 nitrogen and oxygen atoms in total. The van der Waals surface area contributed by atoms with E-state index in [0.717, 1.165) is 81.8 Å². The van der Waals surface area contributed by atoms with Gasteiger partial charge in [-0.2, -0.15) is 5.06 Å². The highest BCUT2D eigenvalue weighted by Gasteiger charge is 2.77. The van der Waals surface area contributed by atoms with Crippen molar-refractivity contribution >= 4 is 29.8 Å². The molecule has 3 saturated carbocycles. The molecule has 0 spiro atoms. The second-order valence-electron chi connectivity index (χ2n) is 24.2. The summed E-state index contributed by atoms with van der Waals surface area (Å²) in [7, 11) is 0. The van der Waals surface area contributed by atoms with Crippen LogP contribution in [-0.4, -0.2) is 118 Å². The molecule has 12 atom stereocenters. The van der Waals surface area contributed by atoms with Crippen molar-refractivity contribution < 1.29 is 52.8 Å². The maximum Gasteiger partial charge on any atom is 0.327 e. The quantitative estimate of drug-likeness (QED) is 0.0820. The van der Waals surface area contributed by atoms with E-state index < -0.39 is 77.2 Å². The van der Waals surface area contributed by atoms with Crippen molar-refractivity contribution in [2.45, 2.75) is 243 Å². The molecule has 2 amide bonds. The number of fused-ring (bicyclic) bond motifs is 6. The molecular formula is C56H83N3O11. The molecule has 5 saturated heterocycles. The third-order valence-corrected chi connectivity index (χ3v) is 17.6. The summed E-state index contributed by atoms with van der Waals surface area (Å²) in [5.74, 6) is -1.54. The number of aliphatic hydroxyl groups is 1. The van der Waals surface area contributed by atoms with Crippen LogP contribution < -0.4 is 5.32 Å². The van der Waals surface area contributed by atoms with Gasteiger partial charge in [0, 0.05) is 32.2 Å². The van der Waals surface area contributed by atoms with Gasteiger partial charge in [0.2, 0.25) is 11.8 Å². The lowest BCUT2D eigenvalue weighted by atomic mass is 9.52. The molecule has 9 rings (SSSR count). The molecule has 0 aromatic heterocycles. The molecule has 2 bridgehead atoms. The SMILES string of the molecule is CCCCCC1(CCCCC)O[C@@H]2[C@H](O1)[C@H]1ON(Cc3ccccc3C=C3CCC4O[C@]4(C)CC[C@@H]4[C@@H]3CC4(C)C)[C@H]3C(=O)O[C@@H]2C[C@@]13C(=O)N1CCC[C@@H]1C(=O)N[C@H](CO)CCC(=O)OC(C)(C)C. The fourth-order valence-electron chi connectivity index (χ4n) is 13.8. The zero-order valence-corrected chi connectivity index (χ0v) is 43.4. The first-order chi connectivity index (χ1) is 33.3. The Bertz CT molecular complexity index is 2130. The monoisotopic (exact) mass is 974 g/mol. The molecule has 388 valence electrons. The molecule has 2 N–H and O–H groups in total. The van der Waals surface area contributed by atoms with Gasteiger partial charge in [0.1, 0.15) is 41.5 Å². The number of hydrogen-bond donors (Lipinski definition) is 2. The number of benzene rings is 1.